The average Bonchev–Trinajstić information content (AvgIpc) is 1.60. The fourth-order valence-corrected chi connectivity index (χ4v) is 12.6. The van der Waals surface area contributed by atoms with Crippen LogP contribution in [0.3, 0.4) is 0 Å². The molecule has 0 saturated heterocycles. The number of benzene rings is 7. The van der Waals surface area contributed by atoms with Crippen LogP contribution < -0.4 is 30.7 Å². The van der Waals surface area contributed by atoms with Gasteiger partial charge in [0, 0.05) is 72.2 Å². The number of amides is 1. The van der Waals surface area contributed by atoms with E-state index in [1.54, 1.807) is 22.3 Å². The number of hydrogen-bond donors (Lipinski definition) is 5. The Labute approximate surface area is 695 Å². The van der Waals surface area contributed by atoms with Crippen LogP contribution in [0.15, 0.2) is 182 Å². The molecule has 7 aromatic rings. The summed E-state index contributed by atoms with van der Waals surface area (Å²) < 4.78 is 20.0. The Hall–Kier alpha value is -6.75. The molecule has 7 aromatic carbocycles. The molecule has 5 heterocycles. The molecule has 8 nitrogen and oxygen atoms in total. The normalized spacial score (nSPS) is 16.9. The zero-order valence-electron chi connectivity index (χ0n) is 77.3. The molecular formula is C104H165N5O3S. The SMILES string of the molecule is C=C1Cc2ccccc2CN1.C=S1(=O)Cc2ccccc2CN1.CC(C)(C)C.CC(C)(C)C.CC(C)(C)C.CC(C)(C)C.CC(C)(C)C.CC(C)(C)C.CC(C)(C)C.O=C1CCc2ccccc2N1.c1ccc2c(c1)CCCC2.c1ccc2c(c1)CCCC21CC1.c1ccc2c(c1)CCCNC2.c1ccc2c(c1)CNCCO2. The van der Waals surface area contributed by atoms with Crippen LogP contribution in [-0.4, -0.2) is 35.7 Å². The van der Waals surface area contributed by atoms with Gasteiger partial charge in [0.15, 0.2) is 0 Å². The van der Waals surface area contributed by atoms with Gasteiger partial charge in [0.25, 0.3) is 0 Å². The van der Waals surface area contributed by atoms with Crippen molar-refractivity contribution in [2.24, 2.45) is 37.9 Å². The molecule has 5 aliphatic heterocycles. The second kappa shape index (κ2) is 50.0. The molecule has 630 valence electrons. The van der Waals surface area contributed by atoms with E-state index in [1.807, 2.05) is 54.6 Å². The first-order valence-electron chi connectivity index (χ1n) is 42.6. The fraction of sp³-hybridized carbons (Fsp3) is 0.558. The van der Waals surface area contributed by atoms with Crippen LogP contribution in [0.1, 0.15) is 312 Å². The van der Waals surface area contributed by atoms with E-state index in [-0.39, 0.29) is 5.91 Å². The third kappa shape index (κ3) is 57.0. The number of carbonyl (C=O) groups is 1. The summed E-state index contributed by atoms with van der Waals surface area (Å²) >= 11 is 0. The predicted molar refractivity (Wildman–Crippen MR) is 501 cm³/mol. The van der Waals surface area contributed by atoms with Gasteiger partial charge in [-0.25, -0.2) is 4.72 Å². The van der Waals surface area contributed by atoms with Crippen molar-refractivity contribution < 1.29 is 13.7 Å². The number of carbonyl (C=O) groups excluding carboxylic acids is 1. The van der Waals surface area contributed by atoms with E-state index in [4.69, 9.17) is 4.74 Å². The largest absolute Gasteiger partial charge is 0.492 e. The number of para-hydroxylation sites is 2. The summed E-state index contributed by atoms with van der Waals surface area (Å²) in [5.74, 6) is 5.36. The maximum absolute atomic E-state index is 11.5. The molecule has 1 atom stereocenters. The summed E-state index contributed by atoms with van der Waals surface area (Å²) in [6, 6.07) is 59.1. The van der Waals surface area contributed by atoms with E-state index in [2.05, 4.69) is 348 Å². The first-order valence-corrected chi connectivity index (χ1v) is 44.5. The van der Waals surface area contributed by atoms with Gasteiger partial charge in [-0.15, -0.1) is 0 Å². The van der Waals surface area contributed by atoms with Gasteiger partial charge >= 0.3 is 0 Å². The molecule has 1 unspecified atom stereocenters. The molecule has 8 aliphatic rings. The van der Waals surface area contributed by atoms with Crippen molar-refractivity contribution >= 4 is 27.2 Å². The molecule has 15 rings (SSSR count). The molecule has 0 bridgehead atoms. The van der Waals surface area contributed by atoms with Gasteiger partial charge in [-0.2, -0.15) is 0 Å². The van der Waals surface area contributed by atoms with Crippen LogP contribution >= 0.6 is 0 Å². The second-order valence-corrected chi connectivity index (χ2v) is 44.8. The molecular weight excluding hydrogens is 1400 g/mol. The van der Waals surface area contributed by atoms with Crippen molar-refractivity contribution in [2.45, 2.75) is 321 Å². The number of rotatable bonds is 0. The Bertz CT molecular complexity index is 3570. The predicted octanol–water partition coefficient (Wildman–Crippen LogP) is 27.2. The lowest BCUT2D eigenvalue weighted by Crippen LogP contribution is -2.29. The molecule has 1 spiro atoms. The highest BCUT2D eigenvalue weighted by Gasteiger charge is 2.46. The molecule has 1 amide bonds. The lowest BCUT2D eigenvalue weighted by molar-refractivity contribution is -0.116. The molecule has 113 heavy (non-hydrogen) atoms. The summed E-state index contributed by atoms with van der Waals surface area (Å²) in [7, 11) is -2.05. The molecule has 1 saturated carbocycles. The highest BCUT2D eigenvalue weighted by molar-refractivity contribution is 7.97. The molecule has 3 aliphatic carbocycles. The van der Waals surface area contributed by atoms with Gasteiger partial charge in [0.1, 0.15) is 12.4 Å². The van der Waals surface area contributed by atoms with Gasteiger partial charge < -0.3 is 26.0 Å². The van der Waals surface area contributed by atoms with E-state index in [1.165, 1.54) is 110 Å². The van der Waals surface area contributed by atoms with Crippen LogP contribution in [0.2, 0.25) is 0 Å². The van der Waals surface area contributed by atoms with E-state index < -0.39 is 9.71 Å². The van der Waals surface area contributed by atoms with Gasteiger partial charge in [0.2, 0.25) is 5.91 Å². The summed E-state index contributed by atoms with van der Waals surface area (Å²) in [4.78, 5) is 10.9. The second-order valence-electron chi connectivity index (χ2n) is 42.6. The third-order valence-corrected chi connectivity index (χ3v) is 17.3. The summed E-state index contributed by atoms with van der Waals surface area (Å²) in [5, 5.41) is 12.7. The van der Waals surface area contributed by atoms with E-state index in [0.717, 1.165) is 74.9 Å². The first-order chi connectivity index (χ1) is 52.2. The summed E-state index contributed by atoms with van der Waals surface area (Å²) in [5.41, 5.74) is 23.4. The maximum atomic E-state index is 11.5. The van der Waals surface area contributed by atoms with Crippen LogP contribution in [0.25, 0.3) is 0 Å². The monoisotopic (exact) mass is 1560 g/mol. The summed E-state index contributed by atoms with van der Waals surface area (Å²) in [6.07, 6.45) is 17.4. The third-order valence-electron chi connectivity index (χ3n) is 15.9. The van der Waals surface area contributed by atoms with Crippen molar-refractivity contribution in [2.75, 3.05) is 25.0 Å². The van der Waals surface area contributed by atoms with Gasteiger partial charge in [-0.1, -0.05) is 358 Å². The van der Waals surface area contributed by atoms with E-state index in [9.17, 15) is 9.00 Å². The molecule has 0 aromatic heterocycles. The van der Waals surface area contributed by atoms with Crippen LogP contribution in [-0.2, 0) is 90.4 Å². The first kappa shape index (κ1) is 102. The topological polar surface area (TPSA) is 104 Å². The maximum Gasteiger partial charge on any atom is 0.224 e. The number of allylic oxidation sites excluding steroid dienone is 1. The van der Waals surface area contributed by atoms with Crippen LogP contribution in [0, 0.1) is 37.9 Å². The van der Waals surface area contributed by atoms with Crippen molar-refractivity contribution in [1.82, 2.24) is 20.7 Å². The van der Waals surface area contributed by atoms with Gasteiger partial charge in [0.05, 0.1) is 5.75 Å². The average molecular weight is 1570 g/mol. The van der Waals surface area contributed by atoms with Crippen molar-refractivity contribution in [3.63, 3.8) is 0 Å². The molecule has 5 N–H and O–H groups in total. The number of aryl methyl sites for hydroxylation is 5. The smallest absolute Gasteiger partial charge is 0.224 e. The number of hydrogen-bond acceptors (Lipinski definition) is 6. The Morgan fingerprint density at radius 2 is 0.708 bits per heavy atom. The summed E-state index contributed by atoms with van der Waals surface area (Å²) in [6.45, 7) is 71.6. The minimum atomic E-state index is -2.05. The number of fused-ring (bicyclic) bond motifs is 8. The number of ether oxygens (including phenoxy) is 1. The minimum absolute atomic E-state index is 0.128. The zero-order chi connectivity index (χ0) is 85.3. The van der Waals surface area contributed by atoms with Gasteiger partial charge in [-0.3, -0.25) is 9.00 Å². The van der Waals surface area contributed by atoms with Crippen LogP contribution in [0.4, 0.5) is 5.69 Å². The zero-order valence-corrected chi connectivity index (χ0v) is 78.1. The van der Waals surface area contributed by atoms with Crippen molar-refractivity contribution in [3.8, 4) is 5.75 Å². The molecule has 9 heteroatoms. The van der Waals surface area contributed by atoms with Gasteiger partial charge in [-0.05, 0) is 206 Å². The quantitative estimate of drug-likeness (QED) is 0.0970. The van der Waals surface area contributed by atoms with E-state index >= 15 is 0 Å². The Balaban J connectivity index is 0.000000420. The van der Waals surface area contributed by atoms with E-state index in [0.29, 0.717) is 62.0 Å². The Kier molecular flexibility index (Phi) is 45.3. The van der Waals surface area contributed by atoms with Crippen molar-refractivity contribution in [1.29, 1.82) is 0 Å². The Morgan fingerprint density at radius 1 is 0.354 bits per heavy atom. The standard InChI is InChI=1S/C12H14.C10H11N.C10H13N.C10H12.C9H11NOS.C9H11NO.C9H9NO.7C5H12/c1-2-6-11-10(4-1)5-3-7-12(11)8-9-12;1-8-6-9-4-2-3-5-10(9)7-11-8;1-2-5-10-8-11-7-3-6-9(10)4-1;1-2-6-10-8-4-3-7-9(10)5-1;1-12(11)7-9-5-3-2-4-8(9)6-10-12;1-2-4-9-8(3-1)7-10-5-6-11-9;11-9-6-5-7-3-1-2-4-8(7)10-9;7*1-5(2,3)4/h1-2,4,6H,3,5,7-9H2;2-5,11H,1,6-7H2;1-2,4-5,11H,3,6-8H2;1-2,5-6H,3-4,7-8H2;2-5H,1,6-7H2,(H,10,11);1-4,10H,5-7H2;1-4H,5-6H2,(H,10,11);7*1-4H3. The minimum Gasteiger partial charge on any atom is -0.492 e. The van der Waals surface area contributed by atoms with Crippen molar-refractivity contribution in [3.05, 3.63) is 249 Å². The number of anilines is 1. The highest BCUT2D eigenvalue weighted by atomic mass is 32.2. The number of nitrogens with one attached hydrogen (secondary N) is 5. The molecule has 0 radical (unpaired) electrons. The lowest BCUT2D eigenvalue weighted by Gasteiger charge is -2.24. The lowest BCUT2D eigenvalue weighted by atomic mass is 9.80. The van der Waals surface area contributed by atoms with Crippen LogP contribution in [0.5, 0.6) is 5.75 Å². The fourth-order valence-electron chi connectivity index (χ4n) is 11.3. The molecule has 1 fully saturated rings. The Morgan fingerprint density at radius 3 is 1.19 bits per heavy atom. The highest BCUT2D eigenvalue weighted by Crippen LogP contribution is 2.55.